The first-order valence-electron chi connectivity index (χ1n) is 8.78. The maximum atomic E-state index is 14.9. The number of carbonyl (C=O) groups is 1. The van der Waals surface area contributed by atoms with Crippen LogP contribution in [0.5, 0.6) is 0 Å². The van der Waals surface area contributed by atoms with Gasteiger partial charge in [0.1, 0.15) is 5.56 Å². The number of methoxy groups -OCH3 is 1. The first-order chi connectivity index (χ1) is 13.9. The molecule has 9 nitrogen and oxygen atoms in total. The second-order valence-corrected chi connectivity index (χ2v) is 7.47. The van der Waals surface area contributed by atoms with E-state index in [0.29, 0.717) is 18.2 Å². The summed E-state index contributed by atoms with van der Waals surface area (Å²) in [6.07, 6.45) is 2.59. The third-order valence-electron chi connectivity index (χ3n) is 5.01. The van der Waals surface area contributed by atoms with Crippen molar-refractivity contribution in [1.29, 1.82) is 0 Å². The summed E-state index contributed by atoms with van der Waals surface area (Å²) in [5, 5.41) is 14.5. The van der Waals surface area contributed by atoms with Crippen LogP contribution in [-0.2, 0) is 4.74 Å². The predicted molar refractivity (Wildman–Crippen MR) is 106 cm³/mol. The van der Waals surface area contributed by atoms with E-state index in [9.17, 15) is 19.1 Å². The normalized spacial score (nSPS) is 19.2. The van der Waals surface area contributed by atoms with Gasteiger partial charge in [-0.3, -0.25) is 9.36 Å². The molecule has 0 aliphatic carbocycles. The average molecular weight is 419 g/mol. The van der Waals surface area contributed by atoms with Crippen LogP contribution in [0.4, 0.5) is 10.2 Å². The van der Waals surface area contributed by atoms with Crippen LogP contribution in [0.2, 0.25) is 0 Å². The lowest BCUT2D eigenvalue weighted by Gasteiger charge is -2.19. The lowest BCUT2D eigenvalue weighted by Crippen LogP contribution is -2.37. The minimum absolute atomic E-state index is 0.00700. The number of ether oxygens (including phenoxy) is 1. The van der Waals surface area contributed by atoms with Gasteiger partial charge < -0.3 is 20.1 Å². The summed E-state index contributed by atoms with van der Waals surface area (Å²) in [6, 6.07) is 1.04. The van der Waals surface area contributed by atoms with Crippen LogP contribution in [0.15, 0.2) is 28.6 Å². The van der Waals surface area contributed by atoms with Gasteiger partial charge in [-0.15, -0.1) is 11.3 Å². The highest BCUT2D eigenvalue weighted by atomic mass is 32.1. The number of aromatic nitrogens is 3. The van der Waals surface area contributed by atoms with Crippen molar-refractivity contribution in [2.24, 2.45) is 0 Å². The van der Waals surface area contributed by atoms with Crippen molar-refractivity contribution in [2.45, 2.75) is 12.1 Å². The highest BCUT2D eigenvalue weighted by molar-refractivity contribution is 7.12. The van der Waals surface area contributed by atoms with Gasteiger partial charge in [0.15, 0.2) is 22.4 Å². The summed E-state index contributed by atoms with van der Waals surface area (Å²) < 4.78 is 21.8. The molecule has 2 N–H and O–H groups in total. The summed E-state index contributed by atoms with van der Waals surface area (Å²) in [5.74, 6) is -2.02. The topological polar surface area (TPSA) is 110 Å². The van der Waals surface area contributed by atoms with Gasteiger partial charge in [0, 0.05) is 38.0 Å². The fourth-order valence-electron chi connectivity index (χ4n) is 3.53. The molecule has 4 heterocycles. The zero-order valence-electron chi connectivity index (χ0n) is 15.6. The number of nitrogens with zero attached hydrogens (tertiary/aromatic N) is 4. The fourth-order valence-corrected chi connectivity index (χ4v) is 4.15. The maximum absolute atomic E-state index is 14.9. The van der Waals surface area contributed by atoms with Crippen LogP contribution in [-0.4, -0.2) is 65.0 Å². The average Bonchev–Trinajstić information content (AvgIpc) is 3.37. The van der Waals surface area contributed by atoms with Gasteiger partial charge in [0.25, 0.3) is 0 Å². The molecule has 0 bridgehead atoms. The van der Waals surface area contributed by atoms with E-state index in [-0.39, 0.29) is 29.0 Å². The smallest absolute Gasteiger partial charge is 0.341 e. The molecular weight excluding hydrogens is 401 g/mol. The number of likely N-dealkylation sites (N-methyl/N-ethyl adjacent to an activating group) is 1. The Kier molecular flexibility index (Phi) is 5.03. The second-order valence-electron chi connectivity index (χ2n) is 6.60. The van der Waals surface area contributed by atoms with Crippen molar-refractivity contribution in [3.63, 3.8) is 0 Å². The summed E-state index contributed by atoms with van der Waals surface area (Å²) >= 11 is 1.25. The molecule has 152 valence electrons. The molecule has 0 radical (unpaired) electrons. The van der Waals surface area contributed by atoms with E-state index in [2.05, 4.69) is 15.3 Å². The molecule has 2 atom stereocenters. The van der Waals surface area contributed by atoms with Crippen molar-refractivity contribution >= 4 is 34.2 Å². The van der Waals surface area contributed by atoms with Crippen LogP contribution in [0.1, 0.15) is 10.4 Å². The van der Waals surface area contributed by atoms with Crippen LogP contribution < -0.4 is 15.6 Å². The molecule has 11 heteroatoms. The monoisotopic (exact) mass is 419 g/mol. The first kappa shape index (κ1) is 19.4. The minimum atomic E-state index is -1.40. The number of hydrogen-bond donors (Lipinski definition) is 2. The molecule has 1 saturated heterocycles. The molecule has 1 aliphatic rings. The minimum Gasteiger partial charge on any atom is -0.477 e. The van der Waals surface area contributed by atoms with E-state index in [1.54, 1.807) is 30.6 Å². The molecule has 2 unspecified atom stereocenters. The number of thiazole rings is 1. The number of anilines is 1. The van der Waals surface area contributed by atoms with Gasteiger partial charge in [-0.2, -0.15) is 0 Å². The zero-order valence-corrected chi connectivity index (χ0v) is 16.4. The highest BCUT2D eigenvalue weighted by Gasteiger charge is 2.34. The van der Waals surface area contributed by atoms with Crippen LogP contribution in [0.25, 0.3) is 16.2 Å². The van der Waals surface area contributed by atoms with E-state index in [4.69, 9.17) is 4.74 Å². The van der Waals surface area contributed by atoms with Crippen molar-refractivity contribution in [3.05, 3.63) is 45.4 Å². The number of halogens is 1. The molecular formula is C18H18FN5O4S. The fraction of sp³-hybridized carbons (Fsp3) is 0.333. The molecule has 0 amide bonds. The Morgan fingerprint density at radius 3 is 2.83 bits per heavy atom. The summed E-state index contributed by atoms with van der Waals surface area (Å²) in [4.78, 5) is 34.5. The number of rotatable bonds is 5. The van der Waals surface area contributed by atoms with E-state index in [1.165, 1.54) is 22.1 Å². The Labute approximate surface area is 168 Å². The third kappa shape index (κ3) is 3.26. The largest absolute Gasteiger partial charge is 0.477 e. The van der Waals surface area contributed by atoms with Gasteiger partial charge in [-0.25, -0.2) is 19.2 Å². The standard InChI is InChI=1S/C18H18FN5O4S/c1-20-12-7-23(8-13(12)28-2)16-11(19)5-9-14(25)10(17(26)27)6-24(15(9)22-16)18-21-3-4-29-18/h3-6,12-13,20H,7-8H2,1-2H3,(H,26,27). The van der Waals surface area contributed by atoms with Crippen molar-refractivity contribution in [2.75, 3.05) is 32.1 Å². The molecule has 3 aromatic rings. The van der Waals surface area contributed by atoms with E-state index in [0.717, 1.165) is 6.07 Å². The Hall–Kier alpha value is -2.89. The molecule has 4 rings (SSSR count). The number of carboxylic acid groups (broad SMARTS) is 1. The molecule has 29 heavy (non-hydrogen) atoms. The van der Waals surface area contributed by atoms with Gasteiger partial charge in [-0.1, -0.05) is 0 Å². The molecule has 1 fully saturated rings. The molecule has 3 aromatic heterocycles. The number of aromatic carboxylic acids is 1. The Balaban J connectivity index is 1.93. The van der Waals surface area contributed by atoms with Crippen LogP contribution in [0.3, 0.4) is 0 Å². The number of pyridine rings is 2. The maximum Gasteiger partial charge on any atom is 0.341 e. The van der Waals surface area contributed by atoms with Gasteiger partial charge in [-0.05, 0) is 13.1 Å². The van der Waals surface area contributed by atoms with E-state index < -0.39 is 22.8 Å². The first-order valence-corrected chi connectivity index (χ1v) is 9.66. The van der Waals surface area contributed by atoms with E-state index >= 15 is 0 Å². The second kappa shape index (κ2) is 7.50. The molecule has 0 saturated carbocycles. The number of carboxylic acids is 1. The highest BCUT2D eigenvalue weighted by Crippen LogP contribution is 2.27. The number of nitrogens with one attached hydrogen (secondary N) is 1. The van der Waals surface area contributed by atoms with Crippen molar-refractivity contribution in [1.82, 2.24) is 19.9 Å². The third-order valence-corrected chi connectivity index (χ3v) is 5.78. The predicted octanol–water partition coefficient (Wildman–Crippen LogP) is 1.10. The summed E-state index contributed by atoms with van der Waals surface area (Å²) in [6.45, 7) is 0.894. The lowest BCUT2D eigenvalue weighted by molar-refractivity contribution is 0.0695. The molecule has 0 spiro atoms. The molecule has 0 aromatic carbocycles. The number of fused-ring (bicyclic) bond motifs is 1. The number of hydrogen-bond acceptors (Lipinski definition) is 8. The summed E-state index contributed by atoms with van der Waals surface area (Å²) in [5.41, 5.74) is -1.12. The van der Waals surface area contributed by atoms with Gasteiger partial charge in [0.2, 0.25) is 5.43 Å². The van der Waals surface area contributed by atoms with Crippen LogP contribution in [0, 0.1) is 5.82 Å². The van der Waals surface area contributed by atoms with Gasteiger partial charge in [0.05, 0.1) is 17.5 Å². The Bertz CT molecular complexity index is 1120. The van der Waals surface area contributed by atoms with Crippen molar-refractivity contribution < 1.29 is 19.0 Å². The van der Waals surface area contributed by atoms with Crippen LogP contribution >= 0.6 is 11.3 Å². The van der Waals surface area contributed by atoms with Crippen molar-refractivity contribution in [3.8, 4) is 5.13 Å². The lowest BCUT2D eigenvalue weighted by atomic mass is 10.2. The Morgan fingerprint density at radius 1 is 1.45 bits per heavy atom. The quantitative estimate of drug-likeness (QED) is 0.633. The Morgan fingerprint density at radius 2 is 2.24 bits per heavy atom. The van der Waals surface area contributed by atoms with E-state index in [1.807, 2.05) is 0 Å². The van der Waals surface area contributed by atoms with Gasteiger partial charge >= 0.3 is 5.97 Å². The SMILES string of the molecule is CNC1CN(c2nc3c(cc2F)c(=O)c(C(=O)O)cn3-c2nccs2)CC1OC. The molecule has 1 aliphatic heterocycles. The summed E-state index contributed by atoms with van der Waals surface area (Å²) in [7, 11) is 3.40. The zero-order chi connectivity index (χ0) is 20.7.